The summed E-state index contributed by atoms with van der Waals surface area (Å²) in [4.78, 5) is 0. The molecule has 1 aliphatic carbocycles. The zero-order valence-electron chi connectivity index (χ0n) is 11.8. The second-order valence-electron chi connectivity index (χ2n) is 5.87. The van der Waals surface area contributed by atoms with Crippen molar-refractivity contribution in [3.05, 3.63) is 23.7 Å². The predicted octanol–water partition coefficient (Wildman–Crippen LogP) is 1.53. The Kier molecular flexibility index (Phi) is 3.88. The van der Waals surface area contributed by atoms with E-state index in [1.807, 2.05) is 6.07 Å². The standard InChI is InChI=1S/C14H22N2O3S/c1-11-9-13(11)14-4-3-12(19-14)10-15-5-7-16-6-2-8-20(16,17)18/h3-4,11,13,15H,2,5-10H2,1H3. The van der Waals surface area contributed by atoms with Gasteiger partial charge < -0.3 is 9.73 Å². The van der Waals surface area contributed by atoms with Crippen LogP contribution in [0.4, 0.5) is 0 Å². The molecule has 0 spiro atoms. The Labute approximate surface area is 120 Å². The van der Waals surface area contributed by atoms with Gasteiger partial charge in [-0.15, -0.1) is 0 Å². The molecule has 0 bridgehead atoms. The van der Waals surface area contributed by atoms with Crippen LogP contribution >= 0.6 is 0 Å². The molecule has 0 amide bonds. The fourth-order valence-corrected chi connectivity index (χ4v) is 4.29. The number of hydrogen-bond acceptors (Lipinski definition) is 4. The van der Waals surface area contributed by atoms with Crippen molar-refractivity contribution in [2.24, 2.45) is 5.92 Å². The molecule has 0 aromatic carbocycles. The van der Waals surface area contributed by atoms with Crippen LogP contribution in [0.3, 0.4) is 0 Å². The number of hydrogen-bond donors (Lipinski definition) is 1. The molecule has 0 radical (unpaired) electrons. The molecule has 2 heterocycles. The van der Waals surface area contributed by atoms with Crippen molar-refractivity contribution in [3.8, 4) is 0 Å². The van der Waals surface area contributed by atoms with Crippen LogP contribution in [-0.4, -0.2) is 38.1 Å². The van der Waals surface area contributed by atoms with Gasteiger partial charge in [-0.05, 0) is 30.9 Å². The number of rotatable bonds is 6. The van der Waals surface area contributed by atoms with Crippen molar-refractivity contribution in [2.75, 3.05) is 25.4 Å². The molecular weight excluding hydrogens is 276 g/mol. The van der Waals surface area contributed by atoms with Crippen LogP contribution in [-0.2, 0) is 16.6 Å². The highest BCUT2D eigenvalue weighted by molar-refractivity contribution is 7.89. The number of sulfonamides is 1. The highest BCUT2D eigenvalue weighted by atomic mass is 32.2. The molecule has 1 aliphatic heterocycles. The third kappa shape index (κ3) is 3.07. The van der Waals surface area contributed by atoms with Crippen molar-refractivity contribution in [1.82, 2.24) is 9.62 Å². The Morgan fingerprint density at radius 1 is 1.45 bits per heavy atom. The lowest BCUT2D eigenvalue weighted by atomic mass is 10.3. The van der Waals surface area contributed by atoms with Crippen LogP contribution in [0.1, 0.15) is 37.2 Å². The van der Waals surface area contributed by atoms with Crippen molar-refractivity contribution in [2.45, 2.75) is 32.2 Å². The Morgan fingerprint density at radius 3 is 2.90 bits per heavy atom. The zero-order valence-corrected chi connectivity index (χ0v) is 12.7. The molecule has 2 atom stereocenters. The van der Waals surface area contributed by atoms with E-state index in [4.69, 9.17) is 4.42 Å². The molecule has 1 saturated heterocycles. The van der Waals surface area contributed by atoms with Crippen LogP contribution in [0.5, 0.6) is 0 Å². The van der Waals surface area contributed by atoms with E-state index in [2.05, 4.69) is 18.3 Å². The molecule has 5 nitrogen and oxygen atoms in total. The zero-order chi connectivity index (χ0) is 14.2. The molecule has 2 fully saturated rings. The minimum atomic E-state index is -2.97. The summed E-state index contributed by atoms with van der Waals surface area (Å²) >= 11 is 0. The van der Waals surface area contributed by atoms with Gasteiger partial charge in [0.15, 0.2) is 0 Å². The monoisotopic (exact) mass is 298 g/mol. The Hall–Kier alpha value is -0.850. The van der Waals surface area contributed by atoms with Gasteiger partial charge in [0, 0.05) is 25.6 Å². The molecular formula is C14H22N2O3S. The maximum atomic E-state index is 11.6. The van der Waals surface area contributed by atoms with Gasteiger partial charge in [0.05, 0.1) is 12.3 Å². The van der Waals surface area contributed by atoms with Gasteiger partial charge in [0.1, 0.15) is 11.5 Å². The lowest BCUT2D eigenvalue weighted by Gasteiger charge is -2.13. The summed E-state index contributed by atoms with van der Waals surface area (Å²) in [7, 11) is -2.97. The van der Waals surface area contributed by atoms with Gasteiger partial charge in [-0.2, -0.15) is 0 Å². The van der Waals surface area contributed by atoms with Gasteiger partial charge in [-0.25, -0.2) is 12.7 Å². The van der Waals surface area contributed by atoms with E-state index in [0.29, 0.717) is 37.8 Å². The Morgan fingerprint density at radius 2 is 2.25 bits per heavy atom. The third-order valence-corrected chi connectivity index (χ3v) is 6.15. The van der Waals surface area contributed by atoms with Crippen LogP contribution in [0.2, 0.25) is 0 Å². The third-order valence-electron chi connectivity index (χ3n) is 4.20. The maximum absolute atomic E-state index is 11.6. The van der Waals surface area contributed by atoms with E-state index in [9.17, 15) is 8.42 Å². The van der Waals surface area contributed by atoms with Gasteiger partial charge in [-0.3, -0.25) is 0 Å². The fourth-order valence-electron chi connectivity index (χ4n) is 2.77. The lowest BCUT2D eigenvalue weighted by Crippen LogP contribution is -2.33. The normalized spacial score (nSPS) is 28.9. The van der Waals surface area contributed by atoms with Crippen molar-refractivity contribution < 1.29 is 12.8 Å². The van der Waals surface area contributed by atoms with E-state index < -0.39 is 10.0 Å². The average Bonchev–Trinajstić information content (AvgIpc) is 2.83. The van der Waals surface area contributed by atoms with E-state index >= 15 is 0 Å². The first-order chi connectivity index (χ1) is 9.56. The fraction of sp³-hybridized carbons (Fsp3) is 0.714. The SMILES string of the molecule is CC1CC1c1ccc(CNCCN2CCCS2(=O)=O)o1. The maximum Gasteiger partial charge on any atom is 0.214 e. The number of nitrogens with one attached hydrogen (secondary N) is 1. The molecule has 1 saturated carbocycles. The largest absolute Gasteiger partial charge is 0.464 e. The first kappa shape index (κ1) is 14.1. The van der Waals surface area contributed by atoms with Gasteiger partial charge in [-0.1, -0.05) is 6.92 Å². The molecule has 2 aliphatic rings. The first-order valence-corrected chi connectivity index (χ1v) is 8.94. The first-order valence-electron chi connectivity index (χ1n) is 7.33. The number of nitrogens with zero attached hydrogens (tertiary/aromatic N) is 1. The Bertz CT molecular complexity index is 567. The van der Waals surface area contributed by atoms with E-state index in [1.54, 1.807) is 4.31 Å². The summed E-state index contributed by atoms with van der Waals surface area (Å²) in [6.07, 6.45) is 1.98. The van der Waals surface area contributed by atoms with Crippen LogP contribution in [0.15, 0.2) is 16.5 Å². The topological polar surface area (TPSA) is 62.6 Å². The average molecular weight is 298 g/mol. The second kappa shape index (κ2) is 5.50. The minimum Gasteiger partial charge on any atom is -0.464 e. The molecule has 3 rings (SSSR count). The molecule has 6 heteroatoms. The highest BCUT2D eigenvalue weighted by Crippen LogP contribution is 2.47. The second-order valence-corrected chi connectivity index (χ2v) is 7.96. The van der Waals surface area contributed by atoms with Crippen molar-refractivity contribution >= 4 is 10.0 Å². The van der Waals surface area contributed by atoms with Crippen LogP contribution in [0.25, 0.3) is 0 Å². The minimum absolute atomic E-state index is 0.300. The van der Waals surface area contributed by atoms with Crippen LogP contribution in [0, 0.1) is 5.92 Å². The molecule has 1 N–H and O–H groups in total. The smallest absolute Gasteiger partial charge is 0.214 e. The van der Waals surface area contributed by atoms with Gasteiger partial charge in [0.25, 0.3) is 0 Å². The summed E-state index contributed by atoms with van der Waals surface area (Å²) in [6.45, 7) is 4.77. The lowest BCUT2D eigenvalue weighted by molar-refractivity contribution is 0.414. The predicted molar refractivity (Wildman–Crippen MR) is 76.9 cm³/mol. The van der Waals surface area contributed by atoms with Crippen molar-refractivity contribution in [1.29, 1.82) is 0 Å². The quantitative estimate of drug-likeness (QED) is 0.809. The molecule has 20 heavy (non-hydrogen) atoms. The summed E-state index contributed by atoms with van der Waals surface area (Å²) in [5.74, 6) is 3.69. The molecule has 2 unspecified atom stereocenters. The molecule has 112 valence electrons. The Balaban J connectivity index is 1.40. The van der Waals surface area contributed by atoms with E-state index in [0.717, 1.165) is 23.9 Å². The molecule has 1 aromatic rings. The summed E-state index contributed by atoms with van der Waals surface area (Å²) in [5.41, 5.74) is 0. The number of furan rings is 1. The van der Waals surface area contributed by atoms with Gasteiger partial charge >= 0.3 is 0 Å². The summed E-state index contributed by atoms with van der Waals surface area (Å²) < 4.78 is 30.6. The van der Waals surface area contributed by atoms with E-state index in [-0.39, 0.29) is 0 Å². The molecule has 1 aromatic heterocycles. The summed E-state index contributed by atoms with van der Waals surface area (Å²) in [6, 6.07) is 4.08. The van der Waals surface area contributed by atoms with Crippen molar-refractivity contribution in [3.63, 3.8) is 0 Å². The summed E-state index contributed by atoms with van der Waals surface area (Å²) in [5, 5.41) is 3.25. The highest BCUT2D eigenvalue weighted by Gasteiger charge is 2.36. The van der Waals surface area contributed by atoms with Gasteiger partial charge in [0.2, 0.25) is 10.0 Å². The van der Waals surface area contributed by atoms with E-state index in [1.165, 1.54) is 6.42 Å². The van der Waals surface area contributed by atoms with Crippen LogP contribution < -0.4 is 5.32 Å².